The molecule has 18 heavy (non-hydrogen) atoms. The molecule has 0 fully saturated rings. The van der Waals surface area contributed by atoms with Gasteiger partial charge in [0.15, 0.2) is 0 Å². The van der Waals surface area contributed by atoms with E-state index in [0.717, 1.165) is 16.0 Å². The van der Waals surface area contributed by atoms with Gasteiger partial charge in [0.05, 0.1) is 15.7 Å². The molecule has 0 saturated carbocycles. The highest BCUT2D eigenvalue weighted by molar-refractivity contribution is 9.11. The van der Waals surface area contributed by atoms with E-state index < -0.39 is 0 Å². The van der Waals surface area contributed by atoms with Gasteiger partial charge in [-0.1, -0.05) is 0 Å². The van der Waals surface area contributed by atoms with E-state index in [1.807, 2.05) is 6.20 Å². The third kappa shape index (κ3) is 3.22. The maximum absolute atomic E-state index is 4.17. The molecule has 98 valence electrons. The molecular weight excluding hydrogens is 310 g/mol. The first-order valence-electron chi connectivity index (χ1n) is 5.90. The van der Waals surface area contributed by atoms with Crippen LogP contribution < -0.4 is 5.32 Å². The number of aryl methyl sites for hydroxylation is 1. The van der Waals surface area contributed by atoms with E-state index in [2.05, 4.69) is 65.2 Å². The van der Waals surface area contributed by atoms with Gasteiger partial charge in [-0.2, -0.15) is 5.10 Å². The molecule has 0 aliphatic carbocycles. The average Bonchev–Trinajstić information content (AvgIpc) is 2.80. The van der Waals surface area contributed by atoms with Crippen molar-refractivity contribution in [2.45, 2.75) is 39.8 Å². The molecule has 2 rings (SSSR count). The molecule has 0 saturated heterocycles. The Labute approximate surface area is 120 Å². The molecule has 5 heteroatoms. The van der Waals surface area contributed by atoms with Crippen molar-refractivity contribution in [1.82, 2.24) is 15.5 Å². The third-order valence-corrected chi connectivity index (χ3v) is 4.24. The summed E-state index contributed by atoms with van der Waals surface area (Å²) in [5.74, 6) is 0. The molecule has 2 N–H and O–H groups in total. The fourth-order valence-electron chi connectivity index (χ4n) is 1.73. The maximum atomic E-state index is 4.17. The summed E-state index contributed by atoms with van der Waals surface area (Å²) in [6.07, 6.45) is 1.90. The molecule has 0 bridgehead atoms. The minimum Gasteiger partial charge on any atom is -0.308 e. The van der Waals surface area contributed by atoms with Crippen LogP contribution in [0.3, 0.4) is 0 Å². The van der Waals surface area contributed by atoms with Crippen LogP contribution in [0.5, 0.6) is 0 Å². The Balaban J connectivity index is 2.25. The minimum absolute atomic E-state index is 0.110. The van der Waals surface area contributed by atoms with Gasteiger partial charge in [-0.05, 0) is 49.7 Å². The number of nitrogens with one attached hydrogen (secondary N) is 2. The molecule has 0 unspecified atom stereocenters. The van der Waals surface area contributed by atoms with Gasteiger partial charge in [0.25, 0.3) is 0 Å². The number of hydrogen-bond donors (Lipinski definition) is 2. The summed E-state index contributed by atoms with van der Waals surface area (Å²) >= 11 is 5.28. The smallest absolute Gasteiger partial charge is 0.0708 e. The first-order chi connectivity index (χ1) is 8.37. The molecule has 3 nitrogen and oxygen atoms in total. The molecule has 0 aliphatic heterocycles. The normalized spacial score (nSPS) is 12.1. The number of hydrogen-bond acceptors (Lipinski definition) is 3. The fourth-order valence-corrected chi connectivity index (χ4v) is 3.43. The van der Waals surface area contributed by atoms with Crippen molar-refractivity contribution < 1.29 is 0 Å². The predicted octanol–water partition coefficient (Wildman–Crippen LogP) is 4.10. The number of nitrogens with zero attached hydrogens (tertiary/aromatic N) is 1. The van der Waals surface area contributed by atoms with Crippen LogP contribution in [-0.4, -0.2) is 15.7 Å². The van der Waals surface area contributed by atoms with E-state index >= 15 is 0 Å². The SMILES string of the molecule is Cc1sc(Br)cc1-c1[nH]ncc1CNC(C)(C)C. The molecule has 0 amide bonds. The van der Waals surface area contributed by atoms with Crippen LogP contribution in [-0.2, 0) is 6.54 Å². The van der Waals surface area contributed by atoms with E-state index in [-0.39, 0.29) is 5.54 Å². The first kappa shape index (κ1) is 13.8. The molecule has 2 aromatic rings. The number of halogens is 1. The van der Waals surface area contributed by atoms with Crippen LogP contribution in [0.1, 0.15) is 31.2 Å². The molecule has 2 aromatic heterocycles. The number of rotatable bonds is 3. The molecular formula is C13H18BrN3S. The predicted molar refractivity (Wildman–Crippen MR) is 80.9 cm³/mol. The number of aromatic nitrogens is 2. The third-order valence-electron chi connectivity index (χ3n) is 2.68. The Hall–Kier alpha value is -0.650. The zero-order chi connectivity index (χ0) is 13.3. The maximum Gasteiger partial charge on any atom is 0.0708 e. The lowest BCUT2D eigenvalue weighted by molar-refractivity contribution is 0.424. The van der Waals surface area contributed by atoms with Crippen LogP contribution in [0.2, 0.25) is 0 Å². The number of H-pyrrole nitrogens is 1. The summed E-state index contributed by atoms with van der Waals surface area (Å²) in [5.41, 5.74) is 3.67. The van der Waals surface area contributed by atoms with E-state index in [1.54, 1.807) is 11.3 Å². The molecule has 0 radical (unpaired) electrons. The van der Waals surface area contributed by atoms with Gasteiger partial charge in [0.1, 0.15) is 0 Å². The highest BCUT2D eigenvalue weighted by Gasteiger charge is 2.15. The number of thiophene rings is 1. The fraction of sp³-hybridized carbons (Fsp3) is 0.462. The van der Waals surface area contributed by atoms with Gasteiger partial charge >= 0.3 is 0 Å². The van der Waals surface area contributed by atoms with E-state index in [4.69, 9.17) is 0 Å². The molecule has 0 atom stereocenters. The van der Waals surface area contributed by atoms with Crippen molar-refractivity contribution in [2.75, 3.05) is 0 Å². The van der Waals surface area contributed by atoms with E-state index in [9.17, 15) is 0 Å². The van der Waals surface area contributed by atoms with Gasteiger partial charge in [-0.3, -0.25) is 5.10 Å². The lowest BCUT2D eigenvalue weighted by Gasteiger charge is -2.20. The average molecular weight is 328 g/mol. The topological polar surface area (TPSA) is 40.7 Å². The summed E-state index contributed by atoms with van der Waals surface area (Å²) in [4.78, 5) is 1.29. The Bertz CT molecular complexity index is 537. The Kier molecular flexibility index (Phi) is 3.94. The molecule has 0 aliphatic rings. The van der Waals surface area contributed by atoms with Crippen LogP contribution in [0, 0.1) is 6.92 Å². The van der Waals surface area contributed by atoms with Crippen LogP contribution >= 0.6 is 27.3 Å². The minimum atomic E-state index is 0.110. The lowest BCUT2D eigenvalue weighted by Crippen LogP contribution is -2.35. The number of aromatic amines is 1. The van der Waals surface area contributed by atoms with Crippen LogP contribution in [0.4, 0.5) is 0 Å². The zero-order valence-corrected chi connectivity index (χ0v) is 13.5. The summed E-state index contributed by atoms with van der Waals surface area (Å²) in [6.45, 7) is 9.45. The van der Waals surface area contributed by atoms with Gasteiger partial charge < -0.3 is 5.32 Å². The summed E-state index contributed by atoms with van der Waals surface area (Å²) in [7, 11) is 0. The van der Waals surface area contributed by atoms with Gasteiger partial charge in [-0.25, -0.2) is 0 Å². The highest BCUT2D eigenvalue weighted by atomic mass is 79.9. The van der Waals surface area contributed by atoms with Crippen molar-refractivity contribution in [3.63, 3.8) is 0 Å². The van der Waals surface area contributed by atoms with Crippen molar-refractivity contribution >= 4 is 27.3 Å². The Morgan fingerprint density at radius 2 is 2.17 bits per heavy atom. The standard InChI is InChI=1S/C13H18BrN3S/c1-8-10(5-11(14)18-8)12-9(7-16-17-12)6-15-13(2,3)4/h5,7,15H,6H2,1-4H3,(H,16,17). The lowest BCUT2D eigenvalue weighted by atomic mass is 10.1. The first-order valence-corrected chi connectivity index (χ1v) is 7.51. The second kappa shape index (κ2) is 5.15. The summed E-state index contributed by atoms with van der Waals surface area (Å²) in [6, 6.07) is 2.15. The second-order valence-corrected chi connectivity index (χ2v) is 8.03. The largest absolute Gasteiger partial charge is 0.308 e. The van der Waals surface area contributed by atoms with Gasteiger partial charge in [-0.15, -0.1) is 11.3 Å². The molecule has 2 heterocycles. The van der Waals surface area contributed by atoms with Gasteiger partial charge in [0.2, 0.25) is 0 Å². The molecule has 0 spiro atoms. The van der Waals surface area contributed by atoms with Crippen molar-refractivity contribution in [2.24, 2.45) is 0 Å². The van der Waals surface area contributed by atoms with Gasteiger partial charge in [0, 0.05) is 28.1 Å². The summed E-state index contributed by atoms with van der Waals surface area (Å²) < 4.78 is 1.15. The Morgan fingerprint density at radius 3 is 2.72 bits per heavy atom. The quantitative estimate of drug-likeness (QED) is 0.891. The zero-order valence-electron chi connectivity index (χ0n) is 11.1. The van der Waals surface area contributed by atoms with Crippen LogP contribution in [0.15, 0.2) is 16.0 Å². The van der Waals surface area contributed by atoms with E-state index in [0.29, 0.717) is 0 Å². The van der Waals surface area contributed by atoms with Crippen molar-refractivity contribution in [3.8, 4) is 11.3 Å². The molecule has 0 aromatic carbocycles. The van der Waals surface area contributed by atoms with Crippen molar-refractivity contribution in [1.29, 1.82) is 0 Å². The Morgan fingerprint density at radius 1 is 1.44 bits per heavy atom. The van der Waals surface area contributed by atoms with Crippen molar-refractivity contribution in [3.05, 3.63) is 26.5 Å². The second-order valence-electron chi connectivity index (χ2n) is 5.39. The monoisotopic (exact) mass is 327 g/mol. The van der Waals surface area contributed by atoms with E-state index in [1.165, 1.54) is 16.0 Å². The van der Waals surface area contributed by atoms with Crippen LogP contribution in [0.25, 0.3) is 11.3 Å². The highest BCUT2D eigenvalue weighted by Crippen LogP contribution is 2.34. The summed E-state index contributed by atoms with van der Waals surface area (Å²) in [5, 5.41) is 10.8.